The van der Waals surface area contributed by atoms with Gasteiger partial charge in [0.2, 0.25) is 0 Å². The molecule has 1 aliphatic rings. The number of hydrogen-bond acceptors (Lipinski definition) is 6. The minimum atomic E-state index is -0.580. The first kappa shape index (κ1) is 22.0. The largest absolute Gasteiger partial charge is 0.493 e. The highest BCUT2D eigenvalue weighted by atomic mass is 35.5. The highest BCUT2D eigenvalue weighted by molar-refractivity contribution is 6.05. The molecule has 0 bridgehead atoms. The average Bonchev–Trinajstić information content (AvgIpc) is 3.09. The lowest BCUT2D eigenvalue weighted by atomic mass is 10.1. The van der Waals surface area contributed by atoms with Crippen molar-refractivity contribution in [2.45, 2.75) is 25.0 Å². The van der Waals surface area contributed by atoms with Crippen molar-refractivity contribution < 1.29 is 23.8 Å². The van der Waals surface area contributed by atoms with Gasteiger partial charge < -0.3 is 30.2 Å². The molecule has 2 rings (SSSR count). The average molecular weight is 388 g/mol. The molecule has 1 aromatic carbocycles. The van der Waals surface area contributed by atoms with Crippen molar-refractivity contribution in [2.75, 3.05) is 40.2 Å². The first-order valence-electron chi connectivity index (χ1n) is 8.05. The molecule has 1 heterocycles. The van der Waals surface area contributed by atoms with Gasteiger partial charge in [-0.15, -0.1) is 12.4 Å². The van der Waals surface area contributed by atoms with Crippen LogP contribution in [0.25, 0.3) is 0 Å². The Kier molecular flexibility index (Phi) is 8.13. The van der Waals surface area contributed by atoms with Crippen molar-refractivity contribution >= 4 is 29.9 Å². The summed E-state index contributed by atoms with van der Waals surface area (Å²) in [5, 5.41) is 2.77. The molecule has 3 N–H and O–H groups in total. The van der Waals surface area contributed by atoms with E-state index in [9.17, 15) is 9.59 Å². The van der Waals surface area contributed by atoms with E-state index in [1.807, 2.05) is 0 Å². The molecule has 8 nitrogen and oxygen atoms in total. The second-order valence-corrected chi connectivity index (χ2v) is 6.00. The van der Waals surface area contributed by atoms with Gasteiger partial charge in [0.05, 0.1) is 31.6 Å². The molecule has 0 unspecified atom stereocenters. The first-order valence-corrected chi connectivity index (χ1v) is 8.05. The number of rotatable bonds is 6. The molecule has 0 saturated carbocycles. The maximum Gasteiger partial charge on any atom is 0.255 e. The first-order chi connectivity index (χ1) is 11.9. The number of hydrogen-bond donors (Lipinski definition) is 2. The van der Waals surface area contributed by atoms with E-state index < -0.39 is 6.10 Å². The van der Waals surface area contributed by atoms with Crippen LogP contribution in [0.1, 0.15) is 23.2 Å². The van der Waals surface area contributed by atoms with E-state index in [2.05, 4.69) is 5.32 Å². The van der Waals surface area contributed by atoms with E-state index in [0.29, 0.717) is 35.7 Å². The molecule has 1 aromatic rings. The zero-order chi connectivity index (χ0) is 18.6. The molecule has 0 radical (unpaired) electrons. The van der Waals surface area contributed by atoms with E-state index in [1.165, 1.54) is 19.1 Å². The van der Waals surface area contributed by atoms with Crippen LogP contribution in [0.2, 0.25) is 0 Å². The molecule has 2 atom stereocenters. The standard InChI is InChI=1S/C17H25N3O5.ClH/c1-20(2)17(22)11-7-14(23-3)15(24-4)8-12(11)19-16(21)13-6-5-10(9-18)25-13;/h7-8,10,13H,5-6,9,18H2,1-4H3,(H,19,21);1H/t10-,13+;/m1./s1. The van der Waals surface area contributed by atoms with Crippen LogP contribution in [0.3, 0.4) is 0 Å². The monoisotopic (exact) mass is 387 g/mol. The van der Waals surface area contributed by atoms with Crippen LogP contribution < -0.4 is 20.5 Å². The molecule has 146 valence electrons. The van der Waals surface area contributed by atoms with E-state index >= 15 is 0 Å². The number of halogens is 1. The molecule has 0 aliphatic carbocycles. The number of methoxy groups -OCH3 is 2. The Morgan fingerprint density at radius 2 is 1.85 bits per heavy atom. The van der Waals surface area contributed by atoms with Gasteiger partial charge in [0.25, 0.3) is 11.8 Å². The Balaban J connectivity index is 0.00000338. The van der Waals surface area contributed by atoms with Crippen LogP contribution in [0.15, 0.2) is 12.1 Å². The molecule has 26 heavy (non-hydrogen) atoms. The topological polar surface area (TPSA) is 103 Å². The third-order valence-corrected chi connectivity index (χ3v) is 4.08. The second kappa shape index (κ2) is 9.61. The van der Waals surface area contributed by atoms with Crippen molar-refractivity contribution in [1.29, 1.82) is 0 Å². The Hall–Kier alpha value is -2.03. The van der Waals surface area contributed by atoms with Crippen LogP contribution in [-0.4, -0.2) is 63.8 Å². The fraction of sp³-hybridized carbons (Fsp3) is 0.529. The zero-order valence-corrected chi connectivity index (χ0v) is 16.2. The lowest BCUT2D eigenvalue weighted by Crippen LogP contribution is -2.31. The predicted octanol–water partition coefficient (Wildman–Crippen LogP) is 1.27. The zero-order valence-electron chi connectivity index (χ0n) is 15.4. The van der Waals surface area contributed by atoms with E-state index in [-0.39, 0.29) is 30.3 Å². The van der Waals surface area contributed by atoms with Crippen LogP contribution in [0.5, 0.6) is 11.5 Å². The summed E-state index contributed by atoms with van der Waals surface area (Å²) in [5.41, 5.74) is 6.24. The molecular weight excluding hydrogens is 362 g/mol. The summed E-state index contributed by atoms with van der Waals surface area (Å²) in [6, 6.07) is 3.12. The number of nitrogens with one attached hydrogen (secondary N) is 1. The predicted molar refractivity (Wildman–Crippen MR) is 100 cm³/mol. The van der Waals surface area contributed by atoms with Crippen LogP contribution in [0, 0.1) is 0 Å². The van der Waals surface area contributed by atoms with Gasteiger partial charge in [-0.2, -0.15) is 0 Å². The van der Waals surface area contributed by atoms with Gasteiger partial charge in [0.1, 0.15) is 6.10 Å². The highest BCUT2D eigenvalue weighted by Gasteiger charge is 2.31. The third kappa shape index (κ3) is 4.78. The molecule has 1 fully saturated rings. The maximum absolute atomic E-state index is 12.5. The van der Waals surface area contributed by atoms with Crippen molar-refractivity contribution in [3.05, 3.63) is 17.7 Å². The molecule has 2 amide bonds. The number of ether oxygens (including phenoxy) is 3. The van der Waals surface area contributed by atoms with Gasteiger partial charge in [-0.1, -0.05) is 0 Å². The lowest BCUT2D eigenvalue weighted by Gasteiger charge is -2.19. The van der Waals surface area contributed by atoms with E-state index in [4.69, 9.17) is 19.9 Å². The normalized spacial score (nSPS) is 18.7. The summed E-state index contributed by atoms with van der Waals surface area (Å²) in [6.45, 7) is 0.379. The Bertz CT molecular complexity index is 654. The molecule has 0 spiro atoms. The van der Waals surface area contributed by atoms with Crippen LogP contribution >= 0.6 is 12.4 Å². The van der Waals surface area contributed by atoms with Crippen LogP contribution in [-0.2, 0) is 9.53 Å². The summed E-state index contributed by atoms with van der Waals surface area (Å²) in [6.07, 6.45) is 0.648. The number of benzene rings is 1. The summed E-state index contributed by atoms with van der Waals surface area (Å²) >= 11 is 0. The summed E-state index contributed by atoms with van der Waals surface area (Å²) in [4.78, 5) is 26.4. The van der Waals surface area contributed by atoms with Crippen molar-refractivity contribution in [1.82, 2.24) is 4.90 Å². The summed E-state index contributed by atoms with van der Waals surface area (Å²) < 4.78 is 16.1. The Labute approximate surface area is 159 Å². The maximum atomic E-state index is 12.5. The van der Waals surface area contributed by atoms with Crippen LogP contribution in [0.4, 0.5) is 5.69 Å². The third-order valence-electron chi connectivity index (χ3n) is 4.08. The number of carbonyl (C=O) groups is 2. The van der Waals surface area contributed by atoms with Gasteiger partial charge in [0.15, 0.2) is 11.5 Å². The van der Waals surface area contributed by atoms with E-state index in [0.717, 1.165) is 6.42 Å². The quantitative estimate of drug-likeness (QED) is 0.762. The van der Waals surface area contributed by atoms with Crippen molar-refractivity contribution in [3.63, 3.8) is 0 Å². The minimum Gasteiger partial charge on any atom is -0.493 e. The number of amides is 2. The SMILES string of the molecule is COc1cc(NC(=O)[C@@H]2CC[C@H](CN)O2)c(C(=O)N(C)C)cc1OC.Cl. The number of nitrogens with zero attached hydrogens (tertiary/aromatic N) is 1. The fourth-order valence-corrected chi connectivity index (χ4v) is 2.69. The fourth-order valence-electron chi connectivity index (χ4n) is 2.69. The number of anilines is 1. The smallest absolute Gasteiger partial charge is 0.255 e. The molecule has 1 saturated heterocycles. The Morgan fingerprint density at radius 1 is 1.23 bits per heavy atom. The van der Waals surface area contributed by atoms with Gasteiger partial charge in [0, 0.05) is 26.7 Å². The number of carbonyl (C=O) groups excluding carboxylic acids is 2. The molecular formula is C17H26ClN3O5. The number of nitrogens with two attached hydrogens (primary N) is 1. The van der Waals surface area contributed by atoms with E-state index in [1.54, 1.807) is 26.2 Å². The summed E-state index contributed by atoms with van der Waals surface area (Å²) in [7, 11) is 6.25. The minimum absolute atomic E-state index is 0. The van der Waals surface area contributed by atoms with Gasteiger partial charge in [-0.25, -0.2) is 0 Å². The lowest BCUT2D eigenvalue weighted by molar-refractivity contribution is -0.126. The van der Waals surface area contributed by atoms with Crippen molar-refractivity contribution in [3.8, 4) is 11.5 Å². The highest BCUT2D eigenvalue weighted by Crippen LogP contribution is 2.34. The van der Waals surface area contributed by atoms with Crippen molar-refractivity contribution in [2.24, 2.45) is 5.73 Å². The second-order valence-electron chi connectivity index (χ2n) is 6.00. The summed E-state index contributed by atoms with van der Waals surface area (Å²) in [5.74, 6) is 0.255. The van der Waals surface area contributed by atoms with Gasteiger partial charge >= 0.3 is 0 Å². The van der Waals surface area contributed by atoms with Gasteiger partial charge in [-0.05, 0) is 18.9 Å². The molecule has 9 heteroatoms. The van der Waals surface area contributed by atoms with Gasteiger partial charge in [-0.3, -0.25) is 9.59 Å². The Morgan fingerprint density at radius 3 is 2.35 bits per heavy atom. The molecule has 1 aliphatic heterocycles. The molecule has 0 aromatic heterocycles.